The summed E-state index contributed by atoms with van der Waals surface area (Å²) in [6.45, 7) is 10.1. The van der Waals surface area contributed by atoms with Crippen LogP contribution in [-0.2, 0) is 6.54 Å². The molecule has 1 aliphatic rings. The Labute approximate surface area is 195 Å². The zero-order chi connectivity index (χ0) is 23.2. The molecule has 1 fully saturated rings. The summed E-state index contributed by atoms with van der Waals surface area (Å²) in [5, 5.41) is 7.49. The molecular weight excluding hydrogens is 416 g/mol. The van der Waals surface area contributed by atoms with E-state index < -0.39 is 0 Å². The van der Waals surface area contributed by atoms with Gasteiger partial charge in [-0.25, -0.2) is 14.5 Å². The van der Waals surface area contributed by atoms with Crippen molar-refractivity contribution in [1.82, 2.24) is 25.0 Å². The fourth-order valence-corrected chi connectivity index (χ4v) is 4.09. The first kappa shape index (κ1) is 22.6. The van der Waals surface area contributed by atoms with E-state index in [1.165, 1.54) is 5.56 Å². The van der Waals surface area contributed by atoms with E-state index in [2.05, 4.69) is 51.5 Å². The van der Waals surface area contributed by atoms with Crippen molar-refractivity contribution in [1.29, 1.82) is 0 Å². The number of anilines is 1. The van der Waals surface area contributed by atoms with E-state index in [0.717, 1.165) is 54.6 Å². The normalized spacial score (nSPS) is 14.2. The lowest BCUT2D eigenvalue weighted by atomic mass is 10.1. The number of carbonyl (C=O) groups is 1. The van der Waals surface area contributed by atoms with Crippen LogP contribution in [-0.4, -0.2) is 58.5 Å². The van der Waals surface area contributed by atoms with Crippen LogP contribution in [0.25, 0.3) is 5.69 Å². The Morgan fingerprint density at radius 3 is 2.70 bits per heavy atom. The highest BCUT2D eigenvalue weighted by Gasteiger charge is 2.20. The van der Waals surface area contributed by atoms with Gasteiger partial charge in [0.2, 0.25) is 0 Å². The van der Waals surface area contributed by atoms with Gasteiger partial charge in [0.15, 0.2) is 0 Å². The van der Waals surface area contributed by atoms with Crippen molar-refractivity contribution in [2.24, 2.45) is 0 Å². The number of hydrogen-bond donors (Lipinski definition) is 1. The van der Waals surface area contributed by atoms with Gasteiger partial charge in [0.25, 0.3) is 0 Å². The average molecular weight is 449 g/mol. The van der Waals surface area contributed by atoms with Crippen LogP contribution in [0.5, 0.6) is 5.75 Å². The van der Waals surface area contributed by atoms with Gasteiger partial charge < -0.3 is 19.9 Å². The van der Waals surface area contributed by atoms with E-state index in [-0.39, 0.29) is 6.03 Å². The minimum Gasteiger partial charge on any atom is -0.492 e. The number of urea groups is 1. The largest absolute Gasteiger partial charge is 0.492 e. The predicted molar refractivity (Wildman–Crippen MR) is 129 cm³/mol. The standard InChI is InChI=1S/C25H32N6O2/c1-4-33-24-16-22(10-11-23(24)31-18-27-20(3)28-31)29-12-7-13-30(15-14-29)25(32)26-17-21-9-6-5-8-19(21)2/h5-6,8-11,16,18H,4,7,12-15,17H2,1-3H3,(H,26,32). The Morgan fingerprint density at radius 2 is 1.94 bits per heavy atom. The lowest BCUT2D eigenvalue weighted by Crippen LogP contribution is -2.41. The zero-order valence-electron chi connectivity index (χ0n) is 19.6. The molecule has 3 aromatic rings. The quantitative estimate of drug-likeness (QED) is 0.622. The number of hydrogen-bond acceptors (Lipinski definition) is 5. The van der Waals surface area contributed by atoms with Gasteiger partial charge >= 0.3 is 6.03 Å². The first-order valence-electron chi connectivity index (χ1n) is 11.5. The minimum atomic E-state index is -0.00740. The first-order valence-corrected chi connectivity index (χ1v) is 11.5. The Bertz CT molecular complexity index is 1100. The molecule has 0 atom stereocenters. The molecule has 0 spiro atoms. The van der Waals surface area contributed by atoms with Crippen molar-refractivity contribution in [3.63, 3.8) is 0 Å². The Kier molecular flexibility index (Phi) is 7.12. The number of aryl methyl sites for hydroxylation is 2. The molecule has 174 valence electrons. The minimum absolute atomic E-state index is 0.00740. The summed E-state index contributed by atoms with van der Waals surface area (Å²) in [6, 6.07) is 14.3. The van der Waals surface area contributed by atoms with Gasteiger partial charge in [0.1, 0.15) is 23.6 Å². The molecule has 1 aliphatic heterocycles. The highest BCUT2D eigenvalue weighted by Crippen LogP contribution is 2.29. The second-order valence-electron chi connectivity index (χ2n) is 8.23. The lowest BCUT2D eigenvalue weighted by molar-refractivity contribution is 0.201. The van der Waals surface area contributed by atoms with Crippen LogP contribution >= 0.6 is 0 Å². The van der Waals surface area contributed by atoms with Crippen molar-refractivity contribution in [3.05, 3.63) is 65.7 Å². The second-order valence-corrected chi connectivity index (χ2v) is 8.23. The van der Waals surface area contributed by atoms with E-state index in [9.17, 15) is 4.79 Å². The molecule has 2 aromatic carbocycles. The van der Waals surface area contributed by atoms with Crippen LogP contribution in [0.1, 0.15) is 30.3 Å². The van der Waals surface area contributed by atoms with Crippen molar-refractivity contribution in [3.8, 4) is 11.4 Å². The number of nitrogens with one attached hydrogen (secondary N) is 1. The monoisotopic (exact) mass is 448 g/mol. The fraction of sp³-hybridized carbons (Fsp3) is 0.400. The van der Waals surface area contributed by atoms with E-state index in [1.54, 1.807) is 11.0 Å². The SMILES string of the molecule is CCOc1cc(N2CCCN(C(=O)NCc3ccccc3C)CC2)ccc1-n1cnc(C)n1. The number of ether oxygens (including phenoxy) is 1. The number of nitrogens with zero attached hydrogens (tertiary/aromatic N) is 5. The summed E-state index contributed by atoms with van der Waals surface area (Å²) in [5.74, 6) is 1.49. The Hall–Kier alpha value is -3.55. The van der Waals surface area contributed by atoms with E-state index in [0.29, 0.717) is 19.7 Å². The van der Waals surface area contributed by atoms with E-state index in [4.69, 9.17) is 4.74 Å². The zero-order valence-corrected chi connectivity index (χ0v) is 19.6. The molecule has 0 saturated carbocycles. The molecule has 1 N–H and O–H groups in total. The van der Waals surface area contributed by atoms with Gasteiger partial charge in [-0.05, 0) is 50.5 Å². The molecule has 2 amide bonds. The fourth-order valence-electron chi connectivity index (χ4n) is 4.09. The summed E-state index contributed by atoms with van der Waals surface area (Å²) in [5.41, 5.74) is 4.29. The van der Waals surface area contributed by atoms with Gasteiger partial charge in [-0.2, -0.15) is 5.10 Å². The Morgan fingerprint density at radius 1 is 1.09 bits per heavy atom. The van der Waals surface area contributed by atoms with Crippen molar-refractivity contribution < 1.29 is 9.53 Å². The van der Waals surface area contributed by atoms with Crippen LogP contribution in [0.2, 0.25) is 0 Å². The molecule has 0 aliphatic carbocycles. The highest BCUT2D eigenvalue weighted by atomic mass is 16.5. The topological polar surface area (TPSA) is 75.5 Å². The molecule has 8 heteroatoms. The number of aromatic nitrogens is 3. The summed E-state index contributed by atoms with van der Waals surface area (Å²) < 4.78 is 7.66. The molecule has 33 heavy (non-hydrogen) atoms. The second kappa shape index (κ2) is 10.4. The van der Waals surface area contributed by atoms with Crippen molar-refractivity contribution in [2.75, 3.05) is 37.7 Å². The third kappa shape index (κ3) is 5.45. The maximum Gasteiger partial charge on any atom is 0.317 e. The van der Waals surface area contributed by atoms with Gasteiger partial charge in [-0.15, -0.1) is 0 Å². The van der Waals surface area contributed by atoms with E-state index >= 15 is 0 Å². The summed E-state index contributed by atoms with van der Waals surface area (Å²) in [4.78, 5) is 21.2. The summed E-state index contributed by atoms with van der Waals surface area (Å²) in [7, 11) is 0. The summed E-state index contributed by atoms with van der Waals surface area (Å²) >= 11 is 0. The maximum atomic E-state index is 12.8. The van der Waals surface area contributed by atoms with Crippen LogP contribution in [0.3, 0.4) is 0 Å². The number of carbonyl (C=O) groups excluding carboxylic acids is 1. The van der Waals surface area contributed by atoms with Crippen molar-refractivity contribution in [2.45, 2.75) is 33.7 Å². The number of benzene rings is 2. The Balaban J connectivity index is 1.41. The third-order valence-corrected chi connectivity index (χ3v) is 5.94. The molecule has 0 unspecified atom stereocenters. The van der Waals surface area contributed by atoms with Crippen LogP contribution in [0, 0.1) is 13.8 Å². The predicted octanol–water partition coefficient (Wildman–Crippen LogP) is 3.70. The number of rotatable bonds is 6. The van der Waals surface area contributed by atoms with Gasteiger partial charge in [-0.1, -0.05) is 24.3 Å². The van der Waals surface area contributed by atoms with Gasteiger partial charge in [0, 0.05) is 44.5 Å². The first-order chi connectivity index (χ1) is 16.0. The maximum absolute atomic E-state index is 12.8. The smallest absolute Gasteiger partial charge is 0.317 e. The van der Waals surface area contributed by atoms with Gasteiger partial charge in [-0.3, -0.25) is 0 Å². The molecule has 4 rings (SSSR count). The van der Waals surface area contributed by atoms with Crippen LogP contribution in [0.4, 0.5) is 10.5 Å². The third-order valence-electron chi connectivity index (χ3n) is 5.94. The average Bonchev–Trinajstić information content (AvgIpc) is 3.09. The molecule has 8 nitrogen and oxygen atoms in total. The van der Waals surface area contributed by atoms with Crippen LogP contribution in [0.15, 0.2) is 48.8 Å². The highest BCUT2D eigenvalue weighted by molar-refractivity contribution is 5.74. The summed E-state index contributed by atoms with van der Waals surface area (Å²) in [6.07, 6.45) is 2.61. The molecule has 1 aromatic heterocycles. The molecular formula is C25H32N6O2. The molecule has 0 bridgehead atoms. The van der Waals surface area contributed by atoms with Gasteiger partial charge in [0.05, 0.1) is 6.61 Å². The van der Waals surface area contributed by atoms with Crippen molar-refractivity contribution >= 4 is 11.7 Å². The molecule has 1 saturated heterocycles. The van der Waals surface area contributed by atoms with E-state index in [1.807, 2.05) is 36.9 Å². The molecule has 0 radical (unpaired) electrons. The van der Waals surface area contributed by atoms with Crippen LogP contribution < -0.4 is 15.0 Å². The lowest BCUT2D eigenvalue weighted by Gasteiger charge is -2.25. The number of amides is 2. The molecule has 2 heterocycles.